The van der Waals surface area contributed by atoms with Gasteiger partial charge in [0.1, 0.15) is 5.82 Å². The first-order chi connectivity index (χ1) is 15.2. The normalized spacial score (nSPS) is 11.2. The SMILES string of the molecule is N#Cc1ccc(/C=C/c2nc3ccccc3c(=O)n2-c2cccc3ccccc23)cc1. The minimum atomic E-state index is -0.110. The second-order valence-electron chi connectivity index (χ2n) is 7.19. The molecule has 0 fully saturated rings. The molecule has 4 nitrogen and oxygen atoms in total. The minimum absolute atomic E-state index is 0.110. The molecule has 0 saturated heterocycles. The Labute approximate surface area is 179 Å². The quantitative estimate of drug-likeness (QED) is 0.398. The van der Waals surface area contributed by atoms with Crippen molar-refractivity contribution in [2.45, 2.75) is 0 Å². The van der Waals surface area contributed by atoms with Gasteiger partial charge in [-0.15, -0.1) is 0 Å². The summed E-state index contributed by atoms with van der Waals surface area (Å²) in [6.45, 7) is 0. The summed E-state index contributed by atoms with van der Waals surface area (Å²) in [6.07, 6.45) is 3.75. The van der Waals surface area contributed by atoms with Gasteiger partial charge in [-0.05, 0) is 47.4 Å². The number of nitriles is 1. The number of hydrogen-bond acceptors (Lipinski definition) is 3. The van der Waals surface area contributed by atoms with Crippen LogP contribution >= 0.6 is 0 Å². The lowest BCUT2D eigenvalue weighted by Crippen LogP contribution is -2.22. The Kier molecular flexibility index (Phi) is 4.62. The van der Waals surface area contributed by atoms with Crippen molar-refractivity contribution in [2.24, 2.45) is 0 Å². The Balaban J connectivity index is 1.76. The Morgan fingerprint density at radius 3 is 2.29 bits per heavy atom. The lowest BCUT2D eigenvalue weighted by molar-refractivity contribution is 0.952. The largest absolute Gasteiger partial charge is 0.268 e. The summed E-state index contributed by atoms with van der Waals surface area (Å²) in [6, 6.07) is 30.7. The first kappa shape index (κ1) is 18.5. The third-order valence-corrected chi connectivity index (χ3v) is 5.27. The fourth-order valence-corrected chi connectivity index (χ4v) is 3.74. The van der Waals surface area contributed by atoms with E-state index in [4.69, 9.17) is 10.2 Å². The molecule has 4 heteroatoms. The molecule has 146 valence electrons. The van der Waals surface area contributed by atoms with Gasteiger partial charge in [-0.25, -0.2) is 4.98 Å². The maximum Gasteiger partial charge on any atom is 0.266 e. The Morgan fingerprint density at radius 2 is 1.48 bits per heavy atom. The molecule has 5 rings (SSSR count). The van der Waals surface area contributed by atoms with E-state index in [1.54, 1.807) is 22.8 Å². The molecule has 0 unspecified atom stereocenters. The zero-order valence-corrected chi connectivity index (χ0v) is 16.6. The average Bonchev–Trinajstić information content (AvgIpc) is 2.83. The molecule has 0 aliphatic rings. The predicted octanol–water partition coefficient (Wildman–Crippen LogP) is 5.58. The summed E-state index contributed by atoms with van der Waals surface area (Å²) < 4.78 is 1.67. The van der Waals surface area contributed by atoms with Crippen molar-refractivity contribution in [2.75, 3.05) is 0 Å². The van der Waals surface area contributed by atoms with Crippen LogP contribution in [0.25, 0.3) is 39.5 Å². The van der Waals surface area contributed by atoms with Crippen molar-refractivity contribution in [3.63, 3.8) is 0 Å². The van der Waals surface area contributed by atoms with E-state index in [2.05, 4.69) is 6.07 Å². The molecule has 0 aliphatic carbocycles. The lowest BCUT2D eigenvalue weighted by Gasteiger charge is -2.14. The summed E-state index contributed by atoms with van der Waals surface area (Å²) >= 11 is 0. The predicted molar refractivity (Wildman–Crippen MR) is 125 cm³/mol. The van der Waals surface area contributed by atoms with Crippen LogP contribution in [0.5, 0.6) is 0 Å². The second-order valence-corrected chi connectivity index (χ2v) is 7.19. The van der Waals surface area contributed by atoms with Crippen molar-refractivity contribution in [3.05, 3.63) is 118 Å². The van der Waals surface area contributed by atoms with E-state index in [-0.39, 0.29) is 5.56 Å². The van der Waals surface area contributed by atoms with E-state index in [0.29, 0.717) is 22.3 Å². The summed E-state index contributed by atoms with van der Waals surface area (Å²) in [5.74, 6) is 0.546. The van der Waals surface area contributed by atoms with Crippen LogP contribution in [0.1, 0.15) is 17.0 Å². The van der Waals surface area contributed by atoms with Gasteiger partial charge in [0.05, 0.1) is 28.2 Å². The lowest BCUT2D eigenvalue weighted by atomic mass is 10.1. The third-order valence-electron chi connectivity index (χ3n) is 5.27. The van der Waals surface area contributed by atoms with Crippen molar-refractivity contribution in [3.8, 4) is 11.8 Å². The van der Waals surface area contributed by atoms with Crippen molar-refractivity contribution in [1.29, 1.82) is 5.26 Å². The summed E-state index contributed by atoms with van der Waals surface area (Å²) in [5, 5.41) is 11.6. The van der Waals surface area contributed by atoms with Crippen molar-refractivity contribution < 1.29 is 0 Å². The standard InChI is InChI=1S/C27H17N3O/c28-18-20-14-12-19(13-15-20)16-17-26-29-24-10-4-3-9-23(24)27(31)30(26)25-11-5-7-21-6-1-2-8-22(21)25/h1-17H/b17-16+. The molecule has 0 radical (unpaired) electrons. The molecule has 0 amide bonds. The van der Waals surface area contributed by atoms with Crippen molar-refractivity contribution >= 4 is 33.8 Å². The number of aromatic nitrogens is 2. The molecular weight excluding hydrogens is 382 g/mol. The molecule has 0 bridgehead atoms. The fraction of sp³-hybridized carbons (Fsp3) is 0. The van der Waals surface area contributed by atoms with Gasteiger partial charge in [0.2, 0.25) is 0 Å². The summed E-state index contributed by atoms with van der Waals surface area (Å²) in [7, 11) is 0. The van der Waals surface area contributed by atoms with Crippen molar-refractivity contribution in [1.82, 2.24) is 9.55 Å². The topological polar surface area (TPSA) is 58.7 Å². The van der Waals surface area contributed by atoms with E-state index in [1.165, 1.54) is 0 Å². The van der Waals surface area contributed by atoms with Crippen LogP contribution in [0.15, 0.2) is 95.8 Å². The number of benzene rings is 4. The molecule has 31 heavy (non-hydrogen) atoms. The molecule has 0 aliphatic heterocycles. The van der Waals surface area contributed by atoms with Gasteiger partial charge in [-0.3, -0.25) is 9.36 Å². The molecule has 0 N–H and O–H groups in total. The Bertz CT molecular complexity index is 1550. The van der Waals surface area contributed by atoms with Crippen LogP contribution in [0, 0.1) is 11.3 Å². The Hall–Kier alpha value is -4.49. The first-order valence-corrected chi connectivity index (χ1v) is 9.93. The van der Waals surface area contributed by atoms with Gasteiger partial charge in [-0.2, -0.15) is 5.26 Å². The minimum Gasteiger partial charge on any atom is -0.268 e. The second kappa shape index (κ2) is 7.74. The monoisotopic (exact) mass is 399 g/mol. The highest BCUT2D eigenvalue weighted by atomic mass is 16.1. The molecule has 0 atom stereocenters. The highest BCUT2D eigenvalue weighted by molar-refractivity contribution is 5.91. The maximum atomic E-state index is 13.5. The van der Waals surface area contributed by atoms with Crippen LogP contribution in [-0.4, -0.2) is 9.55 Å². The molecule has 5 aromatic rings. The van der Waals surface area contributed by atoms with E-state index >= 15 is 0 Å². The highest BCUT2D eigenvalue weighted by Crippen LogP contribution is 2.23. The molecule has 0 spiro atoms. The van der Waals surface area contributed by atoms with Crippen LogP contribution in [-0.2, 0) is 0 Å². The number of hydrogen-bond donors (Lipinski definition) is 0. The summed E-state index contributed by atoms with van der Waals surface area (Å²) in [4.78, 5) is 18.3. The smallest absolute Gasteiger partial charge is 0.266 e. The average molecular weight is 399 g/mol. The number of rotatable bonds is 3. The molecule has 4 aromatic carbocycles. The molecule has 1 aromatic heterocycles. The van der Waals surface area contributed by atoms with E-state index < -0.39 is 0 Å². The van der Waals surface area contributed by atoms with Crippen LogP contribution in [0.4, 0.5) is 0 Å². The van der Waals surface area contributed by atoms with E-state index in [0.717, 1.165) is 22.0 Å². The van der Waals surface area contributed by atoms with Gasteiger partial charge >= 0.3 is 0 Å². The van der Waals surface area contributed by atoms with Crippen LogP contribution < -0.4 is 5.56 Å². The van der Waals surface area contributed by atoms with Gasteiger partial charge in [0, 0.05) is 5.39 Å². The number of para-hydroxylation sites is 1. The molecule has 0 saturated carbocycles. The van der Waals surface area contributed by atoms with Crippen LogP contribution in [0.2, 0.25) is 0 Å². The summed E-state index contributed by atoms with van der Waals surface area (Å²) in [5.41, 5.74) is 2.87. The van der Waals surface area contributed by atoms with Gasteiger partial charge < -0.3 is 0 Å². The molecule has 1 heterocycles. The van der Waals surface area contributed by atoms with E-state index in [9.17, 15) is 4.79 Å². The zero-order valence-electron chi connectivity index (χ0n) is 16.6. The zero-order chi connectivity index (χ0) is 21.2. The van der Waals surface area contributed by atoms with Gasteiger partial charge in [0.15, 0.2) is 0 Å². The fourth-order valence-electron chi connectivity index (χ4n) is 3.74. The third kappa shape index (κ3) is 3.39. The molecular formula is C27H17N3O. The van der Waals surface area contributed by atoms with Crippen LogP contribution in [0.3, 0.4) is 0 Å². The van der Waals surface area contributed by atoms with E-state index in [1.807, 2.05) is 84.9 Å². The van der Waals surface area contributed by atoms with Gasteiger partial charge in [-0.1, -0.05) is 66.7 Å². The number of nitrogens with zero attached hydrogens (tertiary/aromatic N) is 3. The number of fused-ring (bicyclic) bond motifs is 2. The van der Waals surface area contributed by atoms with Gasteiger partial charge in [0.25, 0.3) is 5.56 Å². The maximum absolute atomic E-state index is 13.5. The first-order valence-electron chi connectivity index (χ1n) is 9.93. The Morgan fingerprint density at radius 1 is 0.774 bits per heavy atom. The highest BCUT2D eigenvalue weighted by Gasteiger charge is 2.13.